The minimum Gasteiger partial charge on any atom is -0.491 e. The van der Waals surface area contributed by atoms with Gasteiger partial charge in [-0.1, -0.05) is 36.2 Å². The Bertz CT molecular complexity index is 1810. The molecule has 0 saturated carbocycles. The van der Waals surface area contributed by atoms with E-state index < -0.39 is 5.79 Å². The minimum absolute atomic E-state index is 0.0579. The molecule has 2 N–H and O–H groups in total. The second kappa shape index (κ2) is 14.6. The highest BCUT2D eigenvalue weighted by Gasteiger charge is 2.45. The van der Waals surface area contributed by atoms with Crippen molar-refractivity contribution in [3.63, 3.8) is 0 Å². The van der Waals surface area contributed by atoms with Crippen LogP contribution in [0.3, 0.4) is 0 Å². The molecule has 6 rings (SSSR count). The van der Waals surface area contributed by atoms with Crippen LogP contribution >= 0.6 is 23.2 Å². The summed E-state index contributed by atoms with van der Waals surface area (Å²) in [4.78, 5) is 16.7. The Morgan fingerprint density at radius 1 is 1.00 bits per heavy atom. The lowest BCUT2D eigenvalue weighted by Gasteiger charge is -2.29. The number of halogens is 2. The summed E-state index contributed by atoms with van der Waals surface area (Å²) in [6.45, 7) is 6.29. The molecule has 3 atom stereocenters. The smallest absolute Gasteiger partial charge is 0.350 e. The van der Waals surface area contributed by atoms with E-state index in [0.29, 0.717) is 41.1 Å². The van der Waals surface area contributed by atoms with Crippen LogP contribution in [0.25, 0.3) is 5.69 Å². The summed E-state index contributed by atoms with van der Waals surface area (Å²) in [7, 11) is 0. The van der Waals surface area contributed by atoms with Crippen LogP contribution in [0, 0.1) is 0 Å². The first-order valence-corrected chi connectivity index (χ1v) is 16.2. The van der Waals surface area contributed by atoms with Crippen molar-refractivity contribution in [3.8, 4) is 11.4 Å². The largest absolute Gasteiger partial charge is 0.491 e. The zero-order valence-corrected chi connectivity index (χ0v) is 27.6. The number of ether oxygens (including phenoxy) is 3. The maximum Gasteiger partial charge on any atom is 0.350 e. The molecule has 1 saturated heterocycles. The highest BCUT2D eigenvalue weighted by atomic mass is 35.5. The average molecular weight is 680 g/mol. The molecule has 0 aliphatic carbocycles. The molecule has 47 heavy (non-hydrogen) atoms. The maximum absolute atomic E-state index is 12.7. The molecule has 0 spiro atoms. The van der Waals surface area contributed by atoms with Gasteiger partial charge < -0.3 is 24.8 Å². The Balaban J connectivity index is 0.967. The number of benzene rings is 3. The minimum atomic E-state index is -1.16. The lowest BCUT2D eigenvalue weighted by molar-refractivity contribution is -0.190. The summed E-state index contributed by atoms with van der Waals surface area (Å²) in [5.74, 6) is -0.450. The molecule has 1 aliphatic heterocycles. The number of aromatic nitrogens is 6. The van der Waals surface area contributed by atoms with E-state index in [0.717, 1.165) is 23.5 Å². The van der Waals surface area contributed by atoms with Crippen LogP contribution in [0.5, 0.6) is 5.75 Å². The fourth-order valence-electron chi connectivity index (χ4n) is 5.26. The molecule has 1 fully saturated rings. The van der Waals surface area contributed by atoms with E-state index in [1.165, 1.54) is 11.0 Å². The van der Waals surface area contributed by atoms with Crippen molar-refractivity contribution >= 4 is 34.6 Å². The Kier molecular flexibility index (Phi) is 10.1. The van der Waals surface area contributed by atoms with Crippen molar-refractivity contribution < 1.29 is 14.2 Å². The van der Waals surface area contributed by atoms with Crippen LogP contribution in [0.15, 0.2) is 90.5 Å². The maximum atomic E-state index is 12.7. The van der Waals surface area contributed by atoms with Crippen LogP contribution in [-0.2, 0) is 21.8 Å². The molecule has 246 valence electrons. The summed E-state index contributed by atoms with van der Waals surface area (Å²) in [6, 6.07) is 20.8. The third-order valence-corrected chi connectivity index (χ3v) is 8.51. The fourth-order valence-corrected chi connectivity index (χ4v) is 5.82. The predicted octanol–water partition coefficient (Wildman–Crippen LogP) is 5.77. The summed E-state index contributed by atoms with van der Waals surface area (Å²) in [5.41, 5.74) is 3.23. The number of rotatable bonds is 14. The lowest BCUT2D eigenvalue weighted by atomic mass is 10.1. The van der Waals surface area contributed by atoms with Crippen LogP contribution in [0.2, 0.25) is 10.0 Å². The van der Waals surface area contributed by atoms with Crippen LogP contribution < -0.4 is 21.1 Å². The number of nitrogens with zero attached hydrogens (tertiary/aromatic N) is 6. The van der Waals surface area contributed by atoms with Gasteiger partial charge in [-0.2, -0.15) is 10.2 Å². The van der Waals surface area contributed by atoms with Crippen molar-refractivity contribution in [2.75, 3.05) is 36.9 Å². The summed E-state index contributed by atoms with van der Waals surface area (Å²) < 4.78 is 23.4. The molecule has 3 aromatic carbocycles. The fraction of sp³-hybridized carbons (Fsp3) is 0.333. The van der Waals surface area contributed by atoms with E-state index in [2.05, 4.69) is 25.8 Å². The van der Waals surface area contributed by atoms with Gasteiger partial charge in [0, 0.05) is 35.1 Å². The molecule has 1 unspecified atom stereocenters. The summed E-state index contributed by atoms with van der Waals surface area (Å²) in [6.07, 6.45) is 5.12. The van der Waals surface area contributed by atoms with Gasteiger partial charge in [-0.25, -0.2) is 23.7 Å². The molecule has 3 heterocycles. The first kappa shape index (κ1) is 32.6. The van der Waals surface area contributed by atoms with E-state index >= 15 is 0 Å². The Labute approximate surface area is 282 Å². The first-order chi connectivity index (χ1) is 22.8. The van der Waals surface area contributed by atoms with Crippen molar-refractivity contribution in [2.24, 2.45) is 0 Å². The van der Waals surface area contributed by atoms with Crippen LogP contribution in [-0.4, -0.2) is 61.5 Å². The van der Waals surface area contributed by atoms with E-state index in [9.17, 15) is 4.79 Å². The second-order valence-corrected chi connectivity index (χ2v) is 12.1. The molecular weight excluding hydrogens is 643 g/mol. The highest BCUT2D eigenvalue weighted by Crippen LogP contribution is 2.40. The third-order valence-electron chi connectivity index (χ3n) is 7.96. The highest BCUT2D eigenvalue weighted by molar-refractivity contribution is 6.35. The van der Waals surface area contributed by atoms with Gasteiger partial charge in [-0.05, 0) is 74.0 Å². The van der Waals surface area contributed by atoms with Crippen molar-refractivity contribution in [3.05, 3.63) is 112 Å². The average Bonchev–Trinajstić information content (AvgIpc) is 3.84. The van der Waals surface area contributed by atoms with Crippen LogP contribution in [0.4, 0.5) is 11.4 Å². The van der Waals surface area contributed by atoms with Crippen LogP contribution in [0.1, 0.15) is 31.9 Å². The number of hydrogen-bond donors (Lipinski definition) is 2. The quantitative estimate of drug-likeness (QED) is 0.141. The zero-order chi connectivity index (χ0) is 32.8. The molecule has 1 aliphatic rings. The summed E-state index contributed by atoms with van der Waals surface area (Å²) in [5, 5.41) is 16.2. The molecule has 2 aromatic heterocycles. The van der Waals surface area contributed by atoms with Gasteiger partial charge in [0.05, 0.1) is 23.4 Å². The van der Waals surface area contributed by atoms with Gasteiger partial charge in [-0.3, -0.25) is 0 Å². The van der Waals surface area contributed by atoms with E-state index in [1.807, 2.05) is 62.4 Å². The second-order valence-electron chi connectivity index (χ2n) is 11.2. The van der Waals surface area contributed by atoms with E-state index in [-0.39, 0.29) is 31.0 Å². The molecular formula is C33H36Cl2N8O4. The number of nitrogens with one attached hydrogen (secondary N) is 2. The topological polar surface area (TPSA) is 122 Å². The van der Waals surface area contributed by atoms with E-state index in [1.54, 1.807) is 40.1 Å². The Hall–Kier alpha value is -4.36. The van der Waals surface area contributed by atoms with Crippen molar-refractivity contribution in [1.82, 2.24) is 29.1 Å². The number of anilines is 2. The first-order valence-electron chi connectivity index (χ1n) is 15.4. The SMILES string of the molecule is CCC(C)n1ncn(-c2ccc(NCCNc3ccc(OC[C@H]4CO[C@](Cn5cncn5)(c5ccc(Cl)cc5Cl)O4)cc3)cc2)c1=O. The van der Waals surface area contributed by atoms with E-state index in [4.69, 9.17) is 37.4 Å². The molecule has 5 aromatic rings. The van der Waals surface area contributed by atoms with Gasteiger partial charge in [0.25, 0.3) is 0 Å². The molecule has 12 nitrogen and oxygen atoms in total. The van der Waals surface area contributed by atoms with Crippen molar-refractivity contribution in [1.29, 1.82) is 0 Å². The normalized spacial score (nSPS) is 18.3. The zero-order valence-electron chi connectivity index (χ0n) is 26.1. The molecule has 0 bridgehead atoms. The van der Waals surface area contributed by atoms with Crippen molar-refractivity contribution in [2.45, 2.75) is 44.7 Å². The Morgan fingerprint density at radius 3 is 2.38 bits per heavy atom. The van der Waals surface area contributed by atoms with Gasteiger partial charge >= 0.3 is 5.69 Å². The molecule has 14 heteroatoms. The molecule has 0 radical (unpaired) electrons. The predicted molar refractivity (Wildman–Crippen MR) is 181 cm³/mol. The standard InChI is InChI=1S/C33H36Cl2N8O4/c1-3-23(2)43-32(44)42(22-40-43)27-9-5-25(6-10-27)37-14-15-38-26-7-11-28(12-8-26)45-17-29-18-46-33(47-29,19-41-21-36-20-39-41)30-13-4-24(34)16-31(30)35/h4-13,16,20-23,29,37-38H,3,14-15,17-19H2,1-2H3/t23?,29-,33-/m0/s1. The summed E-state index contributed by atoms with van der Waals surface area (Å²) >= 11 is 12.7. The number of hydrogen-bond acceptors (Lipinski definition) is 9. The Morgan fingerprint density at radius 2 is 1.72 bits per heavy atom. The lowest BCUT2D eigenvalue weighted by Crippen LogP contribution is -2.35. The van der Waals surface area contributed by atoms with Gasteiger partial charge in [0.15, 0.2) is 0 Å². The monoisotopic (exact) mass is 678 g/mol. The van der Waals surface area contributed by atoms with Gasteiger partial charge in [0.1, 0.15) is 44.0 Å². The van der Waals surface area contributed by atoms with Gasteiger partial charge in [0.2, 0.25) is 5.79 Å². The third kappa shape index (κ3) is 7.62. The van der Waals surface area contributed by atoms with Gasteiger partial charge in [-0.15, -0.1) is 0 Å². The molecule has 0 amide bonds.